The molecule has 0 spiro atoms. The number of piperidine rings is 2. The molecule has 2 fully saturated rings. The highest BCUT2D eigenvalue weighted by molar-refractivity contribution is 7.89. The van der Waals surface area contributed by atoms with E-state index in [1.807, 2.05) is 24.3 Å². The van der Waals surface area contributed by atoms with Crippen LogP contribution in [-0.2, 0) is 10.0 Å². The first-order valence-corrected chi connectivity index (χ1v) is 12.3. The van der Waals surface area contributed by atoms with E-state index in [2.05, 4.69) is 9.88 Å². The third-order valence-corrected chi connectivity index (χ3v) is 8.12. The largest absolute Gasteiger partial charge is 0.497 e. The molecule has 0 bridgehead atoms. The quantitative estimate of drug-likeness (QED) is 0.637. The Morgan fingerprint density at radius 1 is 0.968 bits per heavy atom. The number of carbonyl (C=O) groups excluding carboxylic acids is 1. The van der Waals surface area contributed by atoms with Crippen LogP contribution in [0.25, 0.3) is 0 Å². The standard InChI is InChI=1S/C23H29N3O4S/c1-30-20-7-5-18(6-8-20)23(27)19-11-15-25(16-12-19)22-10-9-21(17-24-22)31(28,29)26-13-3-2-4-14-26/h5-10,17,19H,2-4,11-16H2,1H3. The van der Waals surface area contributed by atoms with Crippen LogP contribution in [0.3, 0.4) is 0 Å². The molecular weight excluding hydrogens is 414 g/mol. The minimum atomic E-state index is -3.47. The van der Waals surface area contributed by atoms with Gasteiger partial charge in [-0.1, -0.05) is 6.42 Å². The van der Waals surface area contributed by atoms with E-state index < -0.39 is 10.0 Å². The third kappa shape index (κ3) is 4.75. The number of benzene rings is 1. The average Bonchev–Trinajstić information content (AvgIpc) is 2.84. The van der Waals surface area contributed by atoms with Crippen LogP contribution in [0, 0.1) is 5.92 Å². The molecule has 0 amide bonds. The molecule has 2 aliphatic rings. The summed E-state index contributed by atoms with van der Waals surface area (Å²) in [4.78, 5) is 19.6. The summed E-state index contributed by atoms with van der Waals surface area (Å²) in [5, 5.41) is 0. The van der Waals surface area contributed by atoms with Crippen molar-refractivity contribution in [2.24, 2.45) is 5.92 Å². The molecule has 1 aromatic carbocycles. The maximum absolute atomic E-state index is 12.8. The Morgan fingerprint density at radius 3 is 2.23 bits per heavy atom. The molecule has 2 aliphatic heterocycles. The molecule has 2 saturated heterocycles. The molecule has 166 valence electrons. The smallest absolute Gasteiger partial charge is 0.244 e. The number of methoxy groups -OCH3 is 1. The SMILES string of the molecule is COc1ccc(C(=O)C2CCN(c3ccc(S(=O)(=O)N4CCCCC4)cn3)CC2)cc1. The summed E-state index contributed by atoms with van der Waals surface area (Å²) in [6.07, 6.45) is 5.87. The third-order valence-electron chi connectivity index (χ3n) is 6.24. The monoisotopic (exact) mass is 443 g/mol. The predicted octanol–water partition coefficient (Wildman–Crippen LogP) is 3.36. The summed E-state index contributed by atoms with van der Waals surface area (Å²) in [6.45, 7) is 2.61. The van der Waals surface area contributed by atoms with E-state index in [9.17, 15) is 13.2 Å². The van der Waals surface area contributed by atoms with Crippen LogP contribution in [0.5, 0.6) is 5.75 Å². The van der Waals surface area contributed by atoms with E-state index in [0.717, 1.165) is 56.8 Å². The van der Waals surface area contributed by atoms with Gasteiger partial charge in [-0.2, -0.15) is 4.31 Å². The van der Waals surface area contributed by atoms with Crippen molar-refractivity contribution < 1.29 is 17.9 Å². The van der Waals surface area contributed by atoms with Gasteiger partial charge in [0.25, 0.3) is 0 Å². The highest BCUT2D eigenvalue weighted by atomic mass is 32.2. The fraction of sp³-hybridized carbons (Fsp3) is 0.478. The van der Waals surface area contributed by atoms with Crippen molar-refractivity contribution in [1.82, 2.24) is 9.29 Å². The van der Waals surface area contributed by atoms with Gasteiger partial charge >= 0.3 is 0 Å². The van der Waals surface area contributed by atoms with E-state index in [1.165, 1.54) is 6.20 Å². The Morgan fingerprint density at radius 2 is 1.65 bits per heavy atom. The number of hydrogen-bond donors (Lipinski definition) is 0. The van der Waals surface area contributed by atoms with Gasteiger partial charge in [-0.25, -0.2) is 13.4 Å². The van der Waals surface area contributed by atoms with E-state index >= 15 is 0 Å². The van der Waals surface area contributed by atoms with Crippen LogP contribution in [-0.4, -0.2) is 56.8 Å². The van der Waals surface area contributed by atoms with Gasteiger partial charge in [0.15, 0.2) is 5.78 Å². The van der Waals surface area contributed by atoms with Gasteiger partial charge in [0.1, 0.15) is 16.5 Å². The van der Waals surface area contributed by atoms with Crippen LogP contribution in [0.1, 0.15) is 42.5 Å². The van der Waals surface area contributed by atoms with Gasteiger partial charge < -0.3 is 9.64 Å². The first-order valence-electron chi connectivity index (χ1n) is 10.9. The number of nitrogens with zero attached hydrogens (tertiary/aromatic N) is 3. The molecule has 8 heteroatoms. The molecule has 0 atom stereocenters. The number of ketones is 1. The van der Waals surface area contributed by atoms with Crippen molar-refractivity contribution in [3.63, 3.8) is 0 Å². The summed E-state index contributed by atoms with van der Waals surface area (Å²) < 4.78 is 32.3. The number of Topliss-reactive ketones (excluding diaryl/α,β-unsaturated/α-hetero) is 1. The number of rotatable bonds is 6. The number of anilines is 1. The van der Waals surface area contributed by atoms with Crippen LogP contribution in [0.15, 0.2) is 47.5 Å². The van der Waals surface area contributed by atoms with E-state index in [1.54, 1.807) is 23.5 Å². The molecule has 2 aromatic rings. The van der Waals surface area contributed by atoms with Crippen molar-refractivity contribution in [3.05, 3.63) is 48.2 Å². The van der Waals surface area contributed by atoms with Gasteiger partial charge in [-0.3, -0.25) is 4.79 Å². The molecule has 0 unspecified atom stereocenters. The molecule has 3 heterocycles. The van der Waals surface area contributed by atoms with Crippen LogP contribution >= 0.6 is 0 Å². The van der Waals surface area contributed by atoms with E-state index in [-0.39, 0.29) is 16.6 Å². The second-order valence-electron chi connectivity index (χ2n) is 8.17. The van der Waals surface area contributed by atoms with Crippen molar-refractivity contribution in [3.8, 4) is 5.75 Å². The van der Waals surface area contributed by atoms with Crippen LogP contribution in [0.4, 0.5) is 5.82 Å². The lowest BCUT2D eigenvalue weighted by Crippen LogP contribution is -2.37. The van der Waals surface area contributed by atoms with Crippen LogP contribution < -0.4 is 9.64 Å². The maximum Gasteiger partial charge on any atom is 0.244 e. The molecule has 0 saturated carbocycles. The maximum atomic E-state index is 12.8. The van der Waals surface area contributed by atoms with Crippen molar-refractivity contribution in [2.75, 3.05) is 38.2 Å². The summed E-state index contributed by atoms with van der Waals surface area (Å²) in [5.74, 6) is 1.65. The Bertz CT molecular complexity index is 992. The van der Waals surface area contributed by atoms with E-state index in [0.29, 0.717) is 18.7 Å². The number of sulfonamides is 1. The fourth-order valence-electron chi connectivity index (χ4n) is 4.33. The minimum Gasteiger partial charge on any atom is -0.497 e. The first-order chi connectivity index (χ1) is 15.0. The lowest BCUT2D eigenvalue weighted by atomic mass is 9.89. The summed E-state index contributed by atoms with van der Waals surface area (Å²) in [6, 6.07) is 10.7. The highest BCUT2D eigenvalue weighted by Crippen LogP contribution is 2.27. The van der Waals surface area contributed by atoms with Gasteiger partial charge in [0.05, 0.1) is 7.11 Å². The second-order valence-corrected chi connectivity index (χ2v) is 10.1. The van der Waals surface area contributed by atoms with Gasteiger partial charge in [0.2, 0.25) is 10.0 Å². The van der Waals surface area contributed by atoms with Gasteiger partial charge in [-0.15, -0.1) is 0 Å². The lowest BCUT2D eigenvalue weighted by Gasteiger charge is -2.32. The first kappa shape index (κ1) is 21.8. The lowest BCUT2D eigenvalue weighted by molar-refractivity contribution is 0.0900. The molecular formula is C23H29N3O4S. The molecule has 0 N–H and O–H groups in total. The number of ether oxygens (including phenoxy) is 1. The zero-order valence-corrected chi connectivity index (χ0v) is 18.7. The molecule has 1 aromatic heterocycles. The Labute approximate surface area is 184 Å². The summed E-state index contributed by atoms with van der Waals surface area (Å²) in [7, 11) is -1.86. The Kier molecular flexibility index (Phi) is 6.57. The van der Waals surface area contributed by atoms with Crippen molar-refractivity contribution in [1.29, 1.82) is 0 Å². The fourth-order valence-corrected chi connectivity index (χ4v) is 5.79. The number of pyridine rings is 1. The highest BCUT2D eigenvalue weighted by Gasteiger charge is 2.28. The Balaban J connectivity index is 1.37. The summed E-state index contributed by atoms with van der Waals surface area (Å²) in [5.41, 5.74) is 0.713. The zero-order chi connectivity index (χ0) is 21.8. The minimum absolute atomic E-state index is 0.0107. The molecule has 0 radical (unpaired) electrons. The predicted molar refractivity (Wildman–Crippen MR) is 119 cm³/mol. The van der Waals surface area contributed by atoms with Gasteiger partial charge in [-0.05, 0) is 62.1 Å². The van der Waals surface area contributed by atoms with Crippen LogP contribution in [0.2, 0.25) is 0 Å². The zero-order valence-electron chi connectivity index (χ0n) is 17.9. The van der Waals surface area contributed by atoms with Crippen molar-refractivity contribution in [2.45, 2.75) is 37.0 Å². The average molecular weight is 444 g/mol. The van der Waals surface area contributed by atoms with E-state index in [4.69, 9.17) is 4.74 Å². The summed E-state index contributed by atoms with van der Waals surface area (Å²) >= 11 is 0. The normalized spacial score (nSPS) is 18.7. The van der Waals surface area contributed by atoms with Gasteiger partial charge in [0, 0.05) is 43.9 Å². The Hall–Kier alpha value is -2.45. The second kappa shape index (κ2) is 9.36. The molecule has 7 nitrogen and oxygen atoms in total. The number of hydrogen-bond acceptors (Lipinski definition) is 6. The topological polar surface area (TPSA) is 79.8 Å². The molecule has 31 heavy (non-hydrogen) atoms. The molecule has 0 aliphatic carbocycles. The molecule has 4 rings (SSSR count). The van der Waals surface area contributed by atoms with Crippen molar-refractivity contribution >= 4 is 21.6 Å². The number of carbonyl (C=O) groups is 1. The number of aromatic nitrogens is 1.